The smallest absolute Gasteiger partial charge is 1.00 e. The van der Waals surface area contributed by atoms with Crippen molar-refractivity contribution in [1.29, 1.82) is 0 Å². The largest absolute Gasteiger partial charge is 1.00 e. The van der Waals surface area contributed by atoms with Gasteiger partial charge in [0.1, 0.15) is 0 Å². The van der Waals surface area contributed by atoms with E-state index in [1.807, 2.05) is 36.0 Å². The molecule has 0 aliphatic carbocycles. The number of anilines is 4. The van der Waals surface area contributed by atoms with Gasteiger partial charge >= 0.3 is 29.6 Å². The number of fused-ring (bicyclic) bond motifs is 4. The third kappa shape index (κ3) is 21.4. The van der Waals surface area contributed by atoms with Gasteiger partial charge in [0.05, 0.1) is 62.2 Å². The molecule has 67 heavy (non-hydrogen) atoms. The number of hydrogen-bond donors (Lipinski definition) is 5. The number of thioether (sulfide) groups is 1. The number of sulfone groups is 2. The fraction of sp³-hybridized carbons (Fsp3) is 0.300. The van der Waals surface area contributed by atoms with Crippen molar-refractivity contribution < 1.29 is 70.4 Å². The fourth-order valence-electron chi connectivity index (χ4n) is 5.20. The Morgan fingerprint density at radius 2 is 0.910 bits per heavy atom. The van der Waals surface area contributed by atoms with Crippen LogP contribution >= 0.6 is 150 Å². The minimum absolute atomic E-state index is 0. The Labute approximate surface area is 498 Å². The molecular formula is C40H45Cl3I3N8NaO4S8. The van der Waals surface area contributed by atoms with Crippen molar-refractivity contribution in [2.75, 3.05) is 66.7 Å². The van der Waals surface area contributed by atoms with Crippen LogP contribution in [0.2, 0.25) is 0 Å². The van der Waals surface area contributed by atoms with E-state index < -0.39 is 19.7 Å². The first kappa shape index (κ1) is 63.4. The van der Waals surface area contributed by atoms with Crippen molar-refractivity contribution in [3.63, 3.8) is 0 Å². The van der Waals surface area contributed by atoms with Gasteiger partial charge in [-0.25, -0.2) is 36.8 Å². The molecule has 0 spiro atoms. The van der Waals surface area contributed by atoms with E-state index in [1.165, 1.54) is 54.7 Å². The molecule has 0 unspecified atom stereocenters. The van der Waals surface area contributed by atoms with Gasteiger partial charge in [-0.3, -0.25) is 0 Å². The first-order chi connectivity index (χ1) is 31.0. The number of alkyl halides is 5. The van der Waals surface area contributed by atoms with Crippen molar-refractivity contribution in [3.05, 3.63) is 72.8 Å². The van der Waals surface area contributed by atoms with Gasteiger partial charge in [0, 0.05) is 36.3 Å². The van der Waals surface area contributed by atoms with E-state index >= 15 is 0 Å². The first-order valence-corrected chi connectivity index (χ1v) is 31.9. The molecule has 4 aromatic heterocycles. The van der Waals surface area contributed by atoms with Crippen LogP contribution in [-0.2, 0) is 19.7 Å². The van der Waals surface area contributed by atoms with E-state index in [0.717, 1.165) is 80.5 Å². The second kappa shape index (κ2) is 32.5. The maximum absolute atomic E-state index is 12.0. The van der Waals surface area contributed by atoms with Gasteiger partial charge in [-0.15, -0.1) is 59.2 Å². The molecule has 8 aromatic rings. The van der Waals surface area contributed by atoms with Crippen LogP contribution in [0.5, 0.6) is 0 Å². The van der Waals surface area contributed by atoms with Crippen molar-refractivity contribution in [2.45, 2.75) is 45.3 Å². The van der Waals surface area contributed by atoms with E-state index in [1.54, 1.807) is 36.4 Å². The van der Waals surface area contributed by atoms with Gasteiger partial charge in [-0.2, -0.15) is 0 Å². The third-order valence-corrected chi connectivity index (χ3v) is 18.8. The van der Waals surface area contributed by atoms with E-state index in [2.05, 4.69) is 89.9 Å². The minimum atomic E-state index is -3.25. The van der Waals surface area contributed by atoms with Crippen LogP contribution in [-0.4, -0.2) is 80.5 Å². The zero-order valence-corrected chi connectivity index (χ0v) is 53.1. The molecule has 12 nitrogen and oxygen atoms in total. The maximum atomic E-state index is 12.0. The van der Waals surface area contributed by atoms with E-state index in [0.29, 0.717) is 49.0 Å². The van der Waals surface area contributed by atoms with Crippen LogP contribution in [0.3, 0.4) is 0 Å². The molecule has 8 N–H and O–H groups in total. The molecule has 27 heteroatoms. The van der Waals surface area contributed by atoms with Gasteiger partial charge in [-0.1, -0.05) is 90.5 Å². The van der Waals surface area contributed by atoms with Crippen molar-refractivity contribution >= 4 is 231 Å². The maximum Gasteiger partial charge on any atom is 1.00 e. The molecule has 0 radical (unpaired) electrons. The Morgan fingerprint density at radius 3 is 1.31 bits per heavy atom. The van der Waals surface area contributed by atoms with Crippen LogP contribution in [0.25, 0.3) is 40.9 Å². The number of rotatable bonds is 14. The van der Waals surface area contributed by atoms with E-state index in [-0.39, 0.29) is 65.0 Å². The Morgan fingerprint density at radius 1 is 0.537 bits per heavy atom. The normalized spacial score (nSPS) is 11.0. The standard InChI is InChI=1S/C10H11ClN2O2S2.C10H11ClN2S2.C10H11IN2O2S2.C7H6N2S2.C3H6ClI.HI.Na/c11-4-1-5-17(14,15)7-2-3-8-9(6-7)16-10(12)13-8;11-4-1-5-14-7-2-3-8-9(6-7)15-10(12)13-8;11-4-1-5-17(14,15)7-2-3-8-9(6-7)16-10(12)13-8;8-7-9-5-2-1-4(10)3-6(5)11-7;4-2-1-3-5;;/h2-3,6H,1,4-5H2,(H2,12,13);2-3,6H,1,4-5H2,(H2,12,13);2-3,6H,1,4-5H2,(H2,12,13);1-3,10H,(H2,8,9);1-3H2;1H;/q;;;;;;+1/p-1. The average Bonchev–Trinajstić information content (AvgIpc) is 4.05. The molecular weight excluding hydrogens is 1420 g/mol. The van der Waals surface area contributed by atoms with Gasteiger partial charge in [0.15, 0.2) is 40.2 Å². The molecule has 0 aliphatic heterocycles. The van der Waals surface area contributed by atoms with Crippen LogP contribution in [0.15, 0.2) is 92.4 Å². The first-order valence-electron chi connectivity index (χ1n) is 19.2. The number of thiazole rings is 4. The zero-order chi connectivity index (χ0) is 47.6. The summed E-state index contributed by atoms with van der Waals surface area (Å²) >= 11 is 32.5. The second-order valence-electron chi connectivity index (χ2n) is 13.1. The van der Waals surface area contributed by atoms with Crippen molar-refractivity contribution in [1.82, 2.24) is 19.9 Å². The summed E-state index contributed by atoms with van der Waals surface area (Å²) in [7, 11) is -6.42. The SMILES string of the molecule is ClCCCI.Nc1nc2ccc(S(=O)(=O)CCCCl)cc2s1.Nc1nc2ccc(S(=O)(=O)CCCI)cc2s1.Nc1nc2ccc(S)cc2s1.Nc1nc2ccc(SCCCCl)cc2s1.[I-].[Na+]. The molecule has 0 amide bonds. The number of nitrogens with two attached hydrogens (primary N) is 4. The van der Waals surface area contributed by atoms with Gasteiger partial charge in [-0.05, 0) is 104 Å². The number of benzene rings is 4. The number of halogens is 6. The average molecular weight is 1470 g/mol. The number of thiol groups is 1. The van der Waals surface area contributed by atoms with Crippen LogP contribution in [0.1, 0.15) is 25.7 Å². The van der Waals surface area contributed by atoms with Crippen molar-refractivity contribution in [3.8, 4) is 0 Å². The summed E-state index contributed by atoms with van der Waals surface area (Å²) in [6.07, 6.45) is 3.30. The molecule has 0 fully saturated rings. The zero-order valence-electron chi connectivity index (χ0n) is 35.7. The summed E-state index contributed by atoms with van der Waals surface area (Å²) in [5, 5.41) is 2.14. The molecule has 0 aliphatic rings. The quantitative estimate of drug-likeness (QED) is 0.0194. The topological polar surface area (TPSA) is 224 Å². The van der Waals surface area contributed by atoms with Crippen LogP contribution < -0.4 is 76.5 Å². The molecule has 4 aromatic carbocycles. The van der Waals surface area contributed by atoms with Gasteiger partial charge in [0.25, 0.3) is 0 Å². The number of aromatic nitrogens is 4. The molecule has 8 rings (SSSR count). The molecule has 0 bridgehead atoms. The predicted molar refractivity (Wildman–Crippen MR) is 307 cm³/mol. The molecule has 0 atom stereocenters. The minimum Gasteiger partial charge on any atom is -1.00 e. The summed E-state index contributed by atoms with van der Waals surface area (Å²) in [4.78, 5) is 19.4. The monoisotopic (exact) mass is 1470 g/mol. The Bertz CT molecular complexity index is 2870. The predicted octanol–water partition coefficient (Wildman–Crippen LogP) is 6.58. The third-order valence-electron chi connectivity index (χ3n) is 8.14. The Kier molecular flexibility index (Phi) is 30.7. The fourth-order valence-corrected chi connectivity index (χ4v) is 14.8. The molecule has 360 valence electrons. The molecule has 4 heterocycles. The summed E-state index contributed by atoms with van der Waals surface area (Å²) in [6, 6.07) is 21.9. The van der Waals surface area contributed by atoms with E-state index in [9.17, 15) is 16.8 Å². The molecule has 0 saturated carbocycles. The van der Waals surface area contributed by atoms with Crippen LogP contribution in [0.4, 0.5) is 20.5 Å². The summed E-state index contributed by atoms with van der Waals surface area (Å²) in [6.45, 7) is 0. The summed E-state index contributed by atoms with van der Waals surface area (Å²) in [5.41, 5.74) is 25.7. The number of nitrogen functional groups attached to an aromatic ring is 4. The number of nitrogens with zero attached hydrogens (tertiary/aromatic N) is 4. The van der Waals surface area contributed by atoms with E-state index in [4.69, 9.17) is 57.7 Å². The Hall–Kier alpha value is 0.300. The van der Waals surface area contributed by atoms with Crippen molar-refractivity contribution in [2.24, 2.45) is 0 Å². The van der Waals surface area contributed by atoms with Gasteiger partial charge < -0.3 is 46.9 Å². The number of hydrogen-bond acceptors (Lipinski definition) is 18. The van der Waals surface area contributed by atoms with Gasteiger partial charge in [0.2, 0.25) is 0 Å². The molecule has 0 saturated heterocycles. The summed E-state index contributed by atoms with van der Waals surface area (Å²) in [5.74, 6) is 3.19. The summed E-state index contributed by atoms with van der Waals surface area (Å²) < 4.78 is 53.7. The Balaban J connectivity index is 0.000000296. The van der Waals surface area contributed by atoms with Crippen LogP contribution in [0, 0.1) is 0 Å². The second-order valence-corrected chi connectivity index (χ2v) is 26.5.